The van der Waals surface area contributed by atoms with Crippen LogP contribution in [0.5, 0.6) is 5.75 Å². The zero-order chi connectivity index (χ0) is 19.3. The number of hydrogen-bond acceptors (Lipinski definition) is 2. The monoisotopic (exact) mass is 468 g/mol. The molecule has 1 rings (SSSR count). The van der Waals surface area contributed by atoms with Crippen molar-refractivity contribution >= 4 is 18.8 Å². The van der Waals surface area contributed by atoms with Crippen molar-refractivity contribution < 1.29 is 7.81 Å². The van der Waals surface area contributed by atoms with Crippen molar-refractivity contribution in [3.05, 3.63) is 42.5 Å². The van der Waals surface area contributed by atoms with E-state index >= 15 is 0 Å². The molecular weight excluding hydrogens is 427 g/mol. The van der Waals surface area contributed by atoms with Crippen LogP contribution in [0.3, 0.4) is 0 Å². The van der Waals surface area contributed by atoms with Crippen molar-refractivity contribution in [3.8, 4) is 5.75 Å². The second kappa shape index (κ2) is 13.7. The molecule has 1 aromatic rings. The molecule has 0 aromatic heterocycles. The average Bonchev–Trinajstić information content (AvgIpc) is 2.68. The first kappa shape index (κ1) is 23.6. The van der Waals surface area contributed by atoms with Crippen LogP contribution < -0.4 is 4.74 Å². The van der Waals surface area contributed by atoms with Crippen LogP contribution in [-0.2, 0) is 3.07 Å². The molecule has 0 saturated heterocycles. The van der Waals surface area contributed by atoms with Gasteiger partial charge >= 0.3 is 167 Å². The number of benzene rings is 1. The second-order valence-electron chi connectivity index (χ2n) is 7.37. The van der Waals surface area contributed by atoms with Gasteiger partial charge in [-0.15, -0.1) is 0 Å². The third kappa shape index (κ3) is 7.64. The summed E-state index contributed by atoms with van der Waals surface area (Å²) >= 11 is -2.68. The summed E-state index contributed by atoms with van der Waals surface area (Å²) in [5.41, 5.74) is 1.19. The van der Waals surface area contributed by atoms with E-state index in [1.165, 1.54) is 57.4 Å². The van der Waals surface area contributed by atoms with Gasteiger partial charge in [-0.3, -0.25) is 0 Å². The topological polar surface area (TPSA) is 18.5 Å². The predicted octanol–water partition coefficient (Wildman–Crippen LogP) is 7.67. The van der Waals surface area contributed by atoms with Gasteiger partial charge in [-0.25, -0.2) is 0 Å². The summed E-state index contributed by atoms with van der Waals surface area (Å²) in [4.78, 5) is 0. The molecule has 0 aliphatic rings. The first-order valence-corrected chi connectivity index (χ1v) is 17.8. The summed E-state index contributed by atoms with van der Waals surface area (Å²) in [7, 11) is 1.76. The fourth-order valence-electron chi connectivity index (χ4n) is 3.67. The molecule has 0 heterocycles. The van der Waals surface area contributed by atoms with Gasteiger partial charge in [0.15, 0.2) is 0 Å². The van der Waals surface area contributed by atoms with Gasteiger partial charge in [0.25, 0.3) is 0 Å². The Labute approximate surface area is 166 Å². The molecule has 3 heteroatoms. The summed E-state index contributed by atoms with van der Waals surface area (Å²) in [6.07, 6.45) is 10.7. The predicted molar refractivity (Wildman–Crippen MR) is 117 cm³/mol. The molecule has 148 valence electrons. The van der Waals surface area contributed by atoms with Crippen LogP contribution in [-0.4, -0.2) is 25.9 Å². The Kier molecular flexibility index (Phi) is 12.4. The van der Waals surface area contributed by atoms with Crippen LogP contribution in [0.15, 0.2) is 36.9 Å². The fourth-order valence-corrected chi connectivity index (χ4v) is 17.7. The number of methoxy groups -OCH3 is 1. The molecule has 2 nitrogen and oxygen atoms in total. The van der Waals surface area contributed by atoms with Crippen molar-refractivity contribution in [2.75, 3.05) is 7.11 Å². The molecule has 1 aromatic carbocycles. The zero-order valence-electron chi connectivity index (χ0n) is 17.6. The standard InChI is InChI=1S/C11H13O2.3C4H9.Sn/c1-3-6-10(12)9-7-4-5-8-11(9)13-2;3*1-3-4-2;/h3-5,7-8,10H,1,6H2,2H3;3*1,3-4H2,2H3;/q-1;;;;+1. The van der Waals surface area contributed by atoms with Gasteiger partial charge in [-0.1, -0.05) is 0 Å². The Morgan fingerprint density at radius 2 is 1.50 bits per heavy atom. The van der Waals surface area contributed by atoms with E-state index in [4.69, 9.17) is 7.81 Å². The number of hydrogen-bond donors (Lipinski definition) is 0. The molecule has 0 spiro atoms. The normalized spacial score (nSPS) is 12.8. The Balaban J connectivity index is 3.15. The summed E-state index contributed by atoms with van der Waals surface area (Å²) in [5.74, 6) is 0.945. The minimum absolute atomic E-state index is 0.102. The molecule has 0 saturated carbocycles. The SMILES string of the molecule is C=CCC([O][Sn]([CH2]CCC)([CH2]CCC)[CH2]CCC)c1ccccc1OC. The Bertz CT molecular complexity index is 479. The van der Waals surface area contributed by atoms with Crippen molar-refractivity contribution in [1.82, 2.24) is 0 Å². The third-order valence-corrected chi connectivity index (χ3v) is 18.3. The summed E-state index contributed by atoms with van der Waals surface area (Å²) in [6, 6.07) is 8.35. The Morgan fingerprint density at radius 1 is 0.962 bits per heavy atom. The van der Waals surface area contributed by atoms with Crippen LogP contribution in [0.25, 0.3) is 0 Å². The van der Waals surface area contributed by atoms with E-state index in [0.717, 1.165) is 12.2 Å². The van der Waals surface area contributed by atoms with E-state index in [-0.39, 0.29) is 6.10 Å². The van der Waals surface area contributed by atoms with E-state index in [0.29, 0.717) is 0 Å². The van der Waals surface area contributed by atoms with Gasteiger partial charge in [0.05, 0.1) is 0 Å². The fraction of sp³-hybridized carbons (Fsp3) is 0.652. The van der Waals surface area contributed by atoms with E-state index < -0.39 is 18.8 Å². The third-order valence-electron chi connectivity index (χ3n) is 5.22. The van der Waals surface area contributed by atoms with E-state index in [1.807, 2.05) is 12.1 Å². The van der Waals surface area contributed by atoms with E-state index in [2.05, 4.69) is 45.5 Å². The van der Waals surface area contributed by atoms with Crippen molar-refractivity contribution in [2.45, 2.75) is 85.1 Å². The van der Waals surface area contributed by atoms with Gasteiger partial charge in [0, 0.05) is 0 Å². The molecule has 0 amide bonds. The second-order valence-corrected chi connectivity index (χ2v) is 19.1. The van der Waals surface area contributed by atoms with Crippen LogP contribution in [0.1, 0.15) is 77.4 Å². The minimum atomic E-state index is -2.68. The van der Waals surface area contributed by atoms with Gasteiger partial charge < -0.3 is 0 Å². The zero-order valence-corrected chi connectivity index (χ0v) is 20.4. The number of unbranched alkanes of at least 4 members (excludes halogenated alkanes) is 3. The van der Waals surface area contributed by atoms with Gasteiger partial charge in [0.2, 0.25) is 0 Å². The molecule has 0 aliphatic carbocycles. The summed E-state index contributed by atoms with van der Waals surface area (Å²) in [6.45, 7) is 10.9. The van der Waals surface area contributed by atoms with E-state index in [9.17, 15) is 0 Å². The first-order chi connectivity index (χ1) is 12.7. The van der Waals surface area contributed by atoms with Crippen LogP contribution in [0, 0.1) is 0 Å². The first-order valence-electron chi connectivity index (χ1n) is 10.6. The average molecular weight is 467 g/mol. The van der Waals surface area contributed by atoms with Crippen molar-refractivity contribution in [2.24, 2.45) is 0 Å². The van der Waals surface area contributed by atoms with Gasteiger partial charge in [-0.2, -0.15) is 0 Å². The Hall–Kier alpha value is -0.481. The molecule has 1 atom stereocenters. The molecule has 0 bridgehead atoms. The van der Waals surface area contributed by atoms with Crippen LogP contribution >= 0.6 is 0 Å². The molecule has 0 aliphatic heterocycles. The van der Waals surface area contributed by atoms with Gasteiger partial charge in [0.1, 0.15) is 0 Å². The number of rotatable bonds is 15. The molecule has 26 heavy (non-hydrogen) atoms. The molecule has 0 radical (unpaired) electrons. The van der Waals surface area contributed by atoms with Crippen LogP contribution in [0.4, 0.5) is 0 Å². The maximum atomic E-state index is 7.17. The molecule has 1 unspecified atom stereocenters. The number of ether oxygens (including phenoxy) is 1. The molecule has 0 N–H and O–H groups in total. The van der Waals surface area contributed by atoms with Crippen molar-refractivity contribution in [3.63, 3.8) is 0 Å². The quantitative estimate of drug-likeness (QED) is 0.195. The Morgan fingerprint density at radius 3 is 1.96 bits per heavy atom. The van der Waals surface area contributed by atoms with E-state index in [1.54, 1.807) is 7.11 Å². The van der Waals surface area contributed by atoms with Crippen molar-refractivity contribution in [1.29, 1.82) is 0 Å². The number of para-hydroxylation sites is 1. The summed E-state index contributed by atoms with van der Waals surface area (Å²) < 4.78 is 16.9. The van der Waals surface area contributed by atoms with Gasteiger partial charge in [-0.05, 0) is 0 Å². The molecule has 0 fully saturated rings. The van der Waals surface area contributed by atoms with Crippen LogP contribution in [0.2, 0.25) is 13.3 Å². The maximum absolute atomic E-state index is 7.17. The molecular formula is C23H40O2Sn. The summed E-state index contributed by atoms with van der Waals surface area (Å²) in [5, 5.41) is 0.